The van der Waals surface area contributed by atoms with Crippen molar-refractivity contribution in [3.05, 3.63) is 0 Å². The van der Waals surface area contributed by atoms with E-state index in [4.69, 9.17) is 9.47 Å². The summed E-state index contributed by atoms with van der Waals surface area (Å²) in [5.74, 6) is -0.652. The maximum atomic E-state index is 11.5. The minimum absolute atomic E-state index is 0.0292. The van der Waals surface area contributed by atoms with Gasteiger partial charge in [0.15, 0.2) is 5.79 Å². The van der Waals surface area contributed by atoms with Crippen LogP contribution in [0.5, 0.6) is 0 Å². The van der Waals surface area contributed by atoms with Crippen molar-refractivity contribution in [2.75, 3.05) is 46.9 Å². The molecule has 0 aromatic rings. The molecule has 0 saturated heterocycles. The molecular formula is C19H45N3O3. The molecular weight excluding hydrogens is 318 g/mol. The molecule has 0 rings (SSSR count). The fourth-order valence-corrected chi connectivity index (χ4v) is 1.59. The van der Waals surface area contributed by atoms with Crippen LogP contribution in [0, 0.1) is 5.41 Å². The zero-order valence-corrected chi connectivity index (χ0v) is 18.5. The number of hydrogen-bond donors (Lipinski definition) is 3. The lowest BCUT2D eigenvalue weighted by atomic mass is 9.86. The van der Waals surface area contributed by atoms with Gasteiger partial charge in [0.05, 0.1) is 13.2 Å². The summed E-state index contributed by atoms with van der Waals surface area (Å²) in [5, 5.41) is 8.83. The van der Waals surface area contributed by atoms with Gasteiger partial charge in [0, 0.05) is 31.5 Å². The second-order valence-corrected chi connectivity index (χ2v) is 6.20. The molecule has 0 aliphatic heterocycles. The Morgan fingerprint density at radius 3 is 1.64 bits per heavy atom. The van der Waals surface area contributed by atoms with Crippen molar-refractivity contribution in [2.24, 2.45) is 5.41 Å². The normalized spacial score (nSPS) is 12.9. The predicted molar refractivity (Wildman–Crippen MR) is 108 cm³/mol. The maximum absolute atomic E-state index is 11.5. The number of nitrogens with one attached hydrogen (secondary N) is 3. The first kappa shape index (κ1) is 29.1. The van der Waals surface area contributed by atoms with Crippen LogP contribution in [-0.4, -0.2) is 58.6 Å². The van der Waals surface area contributed by atoms with Crippen LogP contribution < -0.4 is 16.0 Å². The van der Waals surface area contributed by atoms with Crippen molar-refractivity contribution >= 4 is 5.91 Å². The van der Waals surface area contributed by atoms with Gasteiger partial charge in [-0.15, -0.1) is 0 Å². The molecule has 0 fully saturated rings. The lowest BCUT2D eigenvalue weighted by Gasteiger charge is -2.41. The Balaban J connectivity index is -0.00000112. The van der Waals surface area contributed by atoms with Gasteiger partial charge in [-0.2, -0.15) is 0 Å². The topological polar surface area (TPSA) is 71.6 Å². The fraction of sp³-hybridized carbons (Fsp3) is 0.947. The molecule has 0 aromatic carbocycles. The summed E-state index contributed by atoms with van der Waals surface area (Å²) in [7, 11) is 3.72. The van der Waals surface area contributed by atoms with E-state index in [1.807, 2.05) is 48.7 Å². The number of rotatable bonds is 11. The number of hydrogen-bond acceptors (Lipinski definition) is 5. The summed E-state index contributed by atoms with van der Waals surface area (Å²) in [6.07, 6.45) is 0.478. The average molecular weight is 364 g/mol. The minimum atomic E-state index is -0.681. The van der Waals surface area contributed by atoms with Gasteiger partial charge < -0.3 is 25.4 Å². The monoisotopic (exact) mass is 363 g/mol. The number of carbonyl (C=O) groups excluding carboxylic acids is 1. The van der Waals surface area contributed by atoms with Gasteiger partial charge in [-0.25, -0.2) is 0 Å². The van der Waals surface area contributed by atoms with Crippen molar-refractivity contribution in [1.29, 1.82) is 0 Å². The highest BCUT2D eigenvalue weighted by molar-refractivity contribution is 5.75. The Kier molecular flexibility index (Phi) is 21.1. The molecule has 6 nitrogen and oxygen atoms in total. The standard InChI is InChI=1S/C15H33N3O3.2C2H6/c1-14(2,3)15(4,20-11-9-17-6)21-12-10-18-13(19)7-8-16-5;2*1-2/h16-17H,7-12H2,1-6H3,(H,18,19);2*1-2H3. The minimum Gasteiger partial charge on any atom is -0.354 e. The van der Waals surface area contributed by atoms with Gasteiger partial charge in [-0.05, 0) is 21.0 Å². The largest absolute Gasteiger partial charge is 0.354 e. The second-order valence-electron chi connectivity index (χ2n) is 6.20. The highest BCUT2D eigenvalue weighted by atomic mass is 16.7. The number of carbonyl (C=O) groups is 1. The molecule has 0 saturated carbocycles. The molecule has 0 aliphatic rings. The molecule has 0 spiro atoms. The molecule has 0 heterocycles. The summed E-state index contributed by atoms with van der Waals surface area (Å²) in [6.45, 7) is 19.1. The Morgan fingerprint density at radius 2 is 1.24 bits per heavy atom. The van der Waals surface area contributed by atoms with E-state index in [-0.39, 0.29) is 11.3 Å². The van der Waals surface area contributed by atoms with Crippen LogP contribution >= 0.6 is 0 Å². The summed E-state index contributed by atoms with van der Waals surface area (Å²) in [6, 6.07) is 0. The van der Waals surface area contributed by atoms with E-state index in [2.05, 4.69) is 36.7 Å². The van der Waals surface area contributed by atoms with Gasteiger partial charge in [0.25, 0.3) is 0 Å². The number of likely N-dealkylation sites (N-methyl/N-ethyl adjacent to an activating group) is 1. The van der Waals surface area contributed by atoms with Crippen LogP contribution in [0.3, 0.4) is 0 Å². The van der Waals surface area contributed by atoms with Crippen molar-refractivity contribution in [1.82, 2.24) is 16.0 Å². The molecule has 25 heavy (non-hydrogen) atoms. The van der Waals surface area contributed by atoms with Crippen LogP contribution in [0.4, 0.5) is 0 Å². The summed E-state index contributed by atoms with van der Waals surface area (Å²) in [5.41, 5.74) is -0.156. The zero-order valence-electron chi connectivity index (χ0n) is 18.5. The summed E-state index contributed by atoms with van der Waals surface area (Å²) in [4.78, 5) is 11.5. The zero-order chi connectivity index (χ0) is 20.4. The number of ether oxygens (including phenoxy) is 2. The highest BCUT2D eigenvalue weighted by Crippen LogP contribution is 2.34. The molecule has 1 unspecified atom stereocenters. The van der Waals surface area contributed by atoms with E-state index in [1.165, 1.54) is 0 Å². The van der Waals surface area contributed by atoms with E-state index in [1.54, 1.807) is 0 Å². The quantitative estimate of drug-likeness (QED) is 0.389. The molecule has 1 amide bonds. The van der Waals surface area contributed by atoms with Gasteiger partial charge in [0.1, 0.15) is 0 Å². The Morgan fingerprint density at radius 1 is 0.800 bits per heavy atom. The van der Waals surface area contributed by atoms with Gasteiger partial charge in [-0.3, -0.25) is 4.79 Å². The molecule has 0 aromatic heterocycles. The molecule has 0 aliphatic carbocycles. The van der Waals surface area contributed by atoms with Crippen LogP contribution in [0.1, 0.15) is 61.8 Å². The molecule has 0 radical (unpaired) electrons. The second kappa shape index (κ2) is 18.1. The third kappa shape index (κ3) is 15.3. The third-order valence-electron chi connectivity index (χ3n) is 3.50. The van der Waals surface area contributed by atoms with Gasteiger partial charge in [-0.1, -0.05) is 48.5 Å². The summed E-state index contributed by atoms with van der Waals surface area (Å²) < 4.78 is 11.8. The first-order valence-electron chi connectivity index (χ1n) is 9.60. The first-order chi connectivity index (χ1) is 11.8. The molecule has 6 heteroatoms. The SMILES string of the molecule is CC.CC.CNCCOC(C)(OCCNC(=O)CCNC)C(C)(C)C. The van der Waals surface area contributed by atoms with Crippen LogP contribution in [0.2, 0.25) is 0 Å². The van der Waals surface area contributed by atoms with Gasteiger partial charge >= 0.3 is 0 Å². The molecule has 1 atom stereocenters. The molecule has 3 N–H and O–H groups in total. The third-order valence-corrected chi connectivity index (χ3v) is 3.50. The van der Waals surface area contributed by atoms with Crippen LogP contribution in [-0.2, 0) is 14.3 Å². The van der Waals surface area contributed by atoms with Crippen molar-refractivity contribution < 1.29 is 14.3 Å². The number of amides is 1. The van der Waals surface area contributed by atoms with E-state index in [0.717, 1.165) is 6.54 Å². The lowest BCUT2D eigenvalue weighted by Crippen LogP contribution is -2.47. The fourth-order valence-electron chi connectivity index (χ4n) is 1.59. The first-order valence-corrected chi connectivity index (χ1v) is 9.60. The Labute approximate surface area is 156 Å². The van der Waals surface area contributed by atoms with E-state index >= 15 is 0 Å². The van der Waals surface area contributed by atoms with Crippen LogP contribution in [0.15, 0.2) is 0 Å². The van der Waals surface area contributed by atoms with Gasteiger partial charge in [0.2, 0.25) is 5.91 Å². The van der Waals surface area contributed by atoms with E-state index in [0.29, 0.717) is 32.7 Å². The van der Waals surface area contributed by atoms with Crippen molar-refractivity contribution in [3.8, 4) is 0 Å². The maximum Gasteiger partial charge on any atom is 0.221 e. The highest BCUT2D eigenvalue weighted by Gasteiger charge is 2.39. The molecule has 0 bridgehead atoms. The summed E-state index contributed by atoms with van der Waals surface area (Å²) >= 11 is 0. The average Bonchev–Trinajstić information content (AvgIpc) is 2.59. The Bertz CT molecular complexity index is 294. The van der Waals surface area contributed by atoms with Crippen LogP contribution in [0.25, 0.3) is 0 Å². The predicted octanol–water partition coefficient (Wildman–Crippen LogP) is 2.78. The lowest BCUT2D eigenvalue weighted by molar-refractivity contribution is -0.276. The smallest absolute Gasteiger partial charge is 0.221 e. The van der Waals surface area contributed by atoms with E-state index in [9.17, 15) is 4.79 Å². The van der Waals surface area contributed by atoms with Crippen molar-refractivity contribution in [3.63, 3.8) is 0 Å². The van der Waals surface area contributed by atoms with E-state index < -0.39 is 5.79 Å². The van der Waals surface area contributed by atoms with Crippen molar-refractivity contribution in [2.45, 2.75) is 67.6 Å². The molecule has 154 valence electrons. The Hall–Kier alpha value is -0.690.